The first-order valence-corrected chi connectivity index (χ1v) is 5.15. The van der Waals surface area contributed by atoms with E-state index >= 15 is 0 Å². The van der Waals surface area contributed by atoms with Gasteiger partial charge in [-0.1, -0.05) is 13.8 Å². The van der Waals surface area contributed by atoms with Crippen molar-refractivity contribution in [1.29, 1.82) is 0 Å². The highest BCUT2D eigenvalue weighted by Crippen LogP contribution is 2.77. The van der Waals surface area contributed by atoms with Crippen molar-refractivity contribution in [2.45, 2.75) is 38.8 Å². The largest absolute Gasteiger partial charge is 0.347 e. The third kappa shape index (κ3) is 0.473. The van der Waals surface area contributed by atoms with Crippen LogP contribution in [0.1, 0.15) is 27.7 Å². The highest BCUT2D eigenvalue weighted by atomic mass is 16.2. The molecule has 1 aromatic rings. The van der Waals surface area contributed by atoms with Gasteiger partial charge in [-0.05, 0) is 13.8 Å². The van der Waals surface area contributed by atoms with Gasteiger partial charge in [0.2, 0.25) is 0 Å². The van der Waals surface area contributed by atoms with E-state index in [4.69, 9.17) is 0 Å². The van der Waals surface area contributed by atoms with Crippen molar-refractivity contribution in [2.75, 3.05) is 0 Å². The molecule has 5 nitrogen and oxygen atoms in total. The molecule has 15 heavy (non-hydrogen) atoms. The number of rotatable bonds is 0. The molecule has 0 N–H and O–H groups in total. The van der Waals surface area contributed by atoms with Crippen molar-refractivity contribution in [3.63, 3.8) is 0 Å². The molecule has 0 amide bonds. The first-order valence-electron chi connectivity index (χ1n) is 5.15. The zero-order chi connectivity index (χ0) is 11.4. The minimum Gasteiger partial charge on any atom is -0.246 e. The van der Waals surface area contributed by atoms with E-state index in [0.29, 0.717) is 0 Å². The van der Waals surface area contributed by atoms with Crippen LogP contribution in [0.2, 0.25) is 0 Å². The number of fused-ring (bicyclic) bond motifs is 4. The van der Waals surface area contributed by atoms with Gasteiger partial charge in [-0.25, -0.2) is 23.5 Å². The zero-order valence-corrected chi connectivity index (χ0v) is 9.66. The summed E-state index contributed by atoms with van der Waals surface area (Å²) in [6.07, 6.45) is 0. The normalized spacial score (nSPS) is 39.3. The van der Waals surface area contributed by atoms with E-state index < -0.39 is 0 Å². The molecule has 3 rings (SSSR count). The fraction of sp³-hybridized carbons (Fsp3) is 0.800. The van der Waals surface area contributed by atoms with E-state index in [1.54, 1.807) is 9.36 Å². The maximum Gasteiger partial charge on any atom is 0.347 e. The van der Waals surface area contributed by atoms with Crippen molar-refractivity contribution in [2.24, 2.45) is 12.5 Å². The van der Waals surface area contributed by atoms with Crippen LogP contribution in [0, 0.1) is 5.41 Å². The fourth-order valence-corrected chi connectivity index (χ4v) is 3.51. The monoisotopic (exact) mass is 209 g/mol. The third-order valence-corrected chi connectivity index (χ3v) is 5.30. The molecule has 1 aliphatic heterocycles. The predicted molar refractivity (Wildman–Crippen MR) is 55.0 cm³/mol. The lowest BCUT2D eigenvalue weighted by molar-refractivity contribution is 0.151. The van der Waals surface area contributed by atoms with Gasteiger partial charge < -0.3 is 0 Å². The quantitative estimate of drug-likeness (QED) is 0.595. The third-order valence-electron chi connectivity index (χ3n) is 5.30. The Morgan fingerprint density at radius 1 is 0.867 bits per heavy atom. The van der Waals surface area contributed by atoms with Gasteiger partial charge in [0.25, 0.3) is 0 Å². The van der Waals surface area contributed by atoms with Gasteiger partial charge in [0, 0.05) is 12.5 Å². The smallest absolute Gasteiger partial charge is 0.246 e. The Kier molecular flexibility index (Phi) is 1.05. The van der Waals surface area contributed by atoms with Gasteiger partial charge >= 0.3 is 11.4 Å². The summed E-state index contributed by atoms with van der Waals surface area (Å²) in [5, 5.41) is 0. The van der Waals surface area contributed by atoms with Crippen LogP contribution < -0.4 is 11.4 Å². The fourth-order valence-electron chi connectivity index (χ4n) is 3.51. The lowest BCUT2D eigenvalue weighted by Crippen LogP contribution is -2.52. The Hall–Kier alpha value is -1.26. The van der Waals surface area contributed by atoms with Crippen molar-refractivity contribution in [3.05, 3.63) is 21.0 Å². The number of hydrogen-bond donors (Lipinski definition) is 0. The van der Waals surface area contributed by atoms with E-state index in [-0.39, 0.29) is 27.9 Å². The second-order valence-corrected chi connectivity index (χ2v) is 5.52. The summed E-state index contributed by atoms with van der Waals surface area (Å²) in [6, 6.07) is 0. The van der Waals surface area contributed by atoms with Gasteiger partial charge in [0.05, 0.1) is 11.1 Å². The predicted octanol–water partition coefficient (Wildman–Crippen LogP) is -0.168. The van der Waals surface area contributed by atoms with Crippen LogP contribution in [0.15, 0.2) is 9.59 Å². The number of hydrogen-bond acceptors (Lipinski definition) is 2. The number of aromatic nitrogens is 3. The summed E-state index contributed by atoms with van der Waals surface area (Å²) in [4.78, 5) is 23.7. The van der Waals surface area contributed by atoms with Gasteiger partial charge in [-0.2, -0.15) is 0 Å². The summed E-state index contributed by atoms with van der Waals surface area (Å²) in [5.41, 5.74) is -0.821. The molecule has 82 valence electrons. The SMILES string of the molecule is Cn1c(=O)n2n(c1=O)[C@]1(C)C(C)(C)[C@]21C. The molecule has 0 spiro atoms. The van der Waals surface area contributed by atoms with Crippen LogP contribution in [0.25, 0.3) is 0 Å². The second-order valence-electron chi connectivity index (χ2n) is 5.52. The molecule has 1 aliphatic carbocycles. The molecule has 2 aliphatic rings. The minimum absolute atomic E-state index is 0.0212. The molecule has 2 atom stereocenters. The molecule has 0 bridgehead atoms. The van der Waals surface area contributed by atoms with E-state index in [1.807, 2.05) is 13.8 Å². The lowest BCUT2D eigenvalue weighted by atomic mass is 10.1. The molecule has 5 heteroatoms. The highest BCUT2D eigenvalue weighted by Gasteiger charge is 2.88. The molecule has 0 radical (unpaired) electrons. The van der Waals surface area contributed by atoms with Crippen LogP contribution in [0.3, 0.4) is 0 Å². The Balaban J connectivity index is 2.46. The maximum atomic E-state index is 11.8. The van der Waals surface area contributed by atoms with Crippen molar-refractivity contribution < 1.29 is 0 Å². The average Bonchev–Trinajstić information content (AvgIpc) is 2.40. The molecule has 0 aromatic carbocycles. The van der Waals surface area contributed by atoms with Gasteiger partial charge in [0.15, 0.2) is 0 Å². The van der Waals surface area contributed by atoms with Crippen LogP contribution >= 0.6 is 0 Å². The lowest BCUT2D eigenvalue weighted by Gasteiger charge is -2.32. The summed E-state index contributed by atoms with van der Waals surface area (Å²) in [6.45, 7) is 8.30. The summed E-state index contributed by atoms with van der Waals surface area (Å²) >= 11 is 0. The van der Waals surface area contributed by atoms with Crippen LogP contribution in [-0.2, 0) is 18.1 Å². The first kappa shape index (κ1) is 9.00. The standard InChI is InChI=1S/C10H15N3O2/c1-8(2)9(3)10(8,4)13-7(15)11(5)6(14)12(9)13/h1-5H3/t9-,10+. The van der Waals surface area contributed by atoms with E-state index in [1.165, 1.54) is 11.6 Å². The zero-order valence-electron chi connectivity index (χ0n) is 9.66. The van der Waals surface area contributed by atoms with Gasteiger partial charge in [-0.15, -0.1) is 0 Å². The Morgan fingerprint density at radius 2 is 1.20 bits per heavy atom. The van der Waals surface area contributed by atoms with Gasteiger partial charge in [0.1, 0.15) is 0 Å². The molecule has 0 saturated heterocycles. The van der Waals surface area contributed by atoms with Crippen molar-refractivity contribution in [3.8, 4) is 0 Å². The molecule has 2 heterocycles. The first-order chi connectivity index (χ1) is 6.73. The minimum atomic E-state index is -0.203. The molecule has 1 fully saturated rings. The molecule has 1 aromatic heterocycles. The van der Waals surface area contributed by atoms with Crippen LogP contribution in [-0.4, -0.2) is 13.9 Å². The van der Waals surface area contributed by atoms with E-state index in [0.717, 1.165) is 0 Å². The molecular weight excluding hydrogens is 194 g/mol. The Labute approximate surface area is 86.9 Å². The van der Waals surface area contributed by atoms with Crippen LogP contribution in [0.4, 0.5) is 0 Å². The highest BCUT2D eigenvalue weighted by molar-refractivity contribution is 5.36. The molecular formula is C10H15N3O2. The topological polar surface area (TPSA) is 48.9 Å². The summed E-state index contributed by atoms with van der Waals surface area (Å²) in [5.74, 6) is 0. The Bertz CT molecular complexity index is 554. The van der Waals surface area contributed by atoms with E-state index in [9.17, 15) is 9.59 Å². The average molecular weight is 209 g/mol. The summed E-state index contributed by atoms with van der Waals surface area (Å²) < 4.78 is 4.39. The van der Waals surface area contributed by atoms with Gasteiger partial charge in [-0.3, -0.25) is 0 Å². The number of nitrogens with zero attached hydrogens (tertiary/aromatic N) is 3. The summed E-state index contributed by atoms with van der Waals surface area (Å²) in [7, 11) is 1.53. The van der Waals surface area contributed by atoms with E-state index in [2.05, 4.69) is 13.8 Å². The second kappa shape index (κ2) is 1.74. The molecule has 0 unspecified atom stereocenters. The molecule has 1 saturated carbocycles. The van der Waals surface area contributed by atoms with Crippen molar-refractivity contribution in [1.82, 2.24) is 13.9 Å². The van der Waals surface area contributed by atoms with Crippen molar-refractivity contribution >= 4 is 0 Å². The Morgan fingerprint density at radius 3 is 1.53 bits per heavy atom. The maximum absolute atomic E-state index is 11.8. The van der Waals surface area contributed by atoms with Crippen LogP contribution in [0.5, 0.6) is 0 Å².